The highest BCUT2D eigenvalue weighted by Crippen LogP contribution is 2.51. The lowest BCUT2D eigenvalue weighted by molar-refractivity contribution is 0.901. The Morgan fingerprint density at radius 1 is 0.429 bits per heavy atom. The predicted octanol–water partition coefficient (Wildman–Crippen LogP) is 14.3. The van der Waals surface area contributed by atoms with Gasteiger partial charge in [-0.15, -0.1) is 0 Å². The summed E-state index contributed by atoms with van der Waals surface area (Å²) in [6.45, 7) is 2.21. The molecule has 0 atom stereocenters. The number of benzene rings is 9. The van der Waals surface area contributed by atoms with Crippen molar-refractivity contribution < 1.29 is 0 Å². The zero-order valence-electron chi connectivity index (χ0n) is 31.0. The van der Waals surface area contributed by atoms with Crippen molar-refractivity contribution >= 4 is 49.6 Å². The summed E-state index contributed by atoms with van der Waals surface area (Å²) in [7, 11) is 0. The van der Waals surface area contributed by atoms with Crippen LogP contribution in [0.2, 0.25) is 0 Å². The first-order valence-electron chi connectivity index (χ1n) is 19.5. The molecule has 56 heavy (non-hydrogen) atoms. The van der Waals surface area contributed by atoms with Gasteiger partial charge in [0.15, 0.2) is 0 Å². The van der Waals surface area contributed by atoms with E-state index in [1.807, 2.05) is 0 Å². The van der Waals surface area contributed by atoms with Crippen molar-refractivity contribution in [1.29, 1.82) is 0 Å². The highest BCUT2D eigenvalue weighted by Gasteiger charge is 2.31. The summed E-state index contributed by atoms with van der Waals surface area (Å²) in [5, 5.41) is 4.95. The van der Waals surface area contributed by atoms with Crippen LogP contribution >= 0.6 is 0 Å². The third-order valence-electron chi connectivity index (χ3n) is 11.4. The van der Waals surface area contributed by atoms with Gasteiger partial charge in [0.05, 0.1) is 28.1 Å². The molecular formula is C53H37N3. The molecule has 0 radical (unpaired) electrons. The fraction of sp³-hybridized carbons (Fsp3) is 0.0377. The number of nitrogens with zero attached hydrogens (tertiary/aromatic N) is 3. The quantitative estimate of drug-likeness (QED) is 0.160. The molecule has 0 saturated heterocycles. The number of aryl methyl sites for hydroxylation is 1. The Hall–Kier alpha value is -7.23. The maximum atomic E-state index is 5.21. The molecule has 10 aromatic rings. The monoisotopic (exact) mass is 715 g/mol. The van der Waals surface area contributed by atoms with Crippen molar-refractivity contribution in [3.8, 4) is 50.2 Å². The van der Waals surface area contributed by atoms with Gasteiger partial charge in [0.1, 0.15) is 5.82 Å². The molecule has 1 aliphatic rings. The number of hydrogen-bond donors (Lipinski definition) is 0. The highest BCUT2D eigenvalue weighted by molar-refractivity contribution is 6.22. The number of fused-ring (bicyclic) bond motifs is 4. The summed E-state index contributed by atoms with van der Waals surface area (Å²) < 4.78 is 2.43. The van der Waals surface area contributed by atoms with Crippen LogP contribution in [-0.2, 0) is 6.42 Å². The molecule has 3 nitrogen and oxygen atoms in total. The van der Waals surface area contributed by atoms with E-state index in [4.69, 9.17) is 4.98 Å². The Morgan fingerprint density at radius 2 is 1.02 bits per heavy atom. The van der Waals surface area contributed by atoms with Gasteiger partial charge in [0, 0.05) is 17.7 Å². The van der Waals surface area contributed by atoms with Crippen LogP contribution in [0.1, 0.15) is 12.7 Å². The van der Waals surface area contributed by atoms with E-state index in [-0.39, 0.29) is 0 Å². The van der Waals surface area contributed by atoms with Gasteiger partial charge in [-0.05, 0) is 103 Å². The molecule has 9 aromatic carbocycles. The van der Waals surface area contributed by atoms with Crippen LogP contribution in [0, 0.1) is 0 Å². The van der Waals surface area contributed by atoms with Gasteiger partial charge in [-0.3, -0.25) is 4.57 Å². The van der Waals surface area contributed by atoms with Gasteiger partial charge in [-0.25, -0.2) is 4.98 Å². The fourth-order valence-electron chi connectivity index (χ4n) is 9.04. The third kappa shape index (κ3) is 4.94. The summed E-state index contributed by atoms with van der Waals surface area (Å²) >= 11 is 0. The molecule has 3 heteroatoms. The zero-order chi connectivity index (χ0) is 37.2. The second-order valence-corrected chi connectivity index (χ2v) is 14.6. The standard InChI is InChI=1S/C53H37N3/c1-2-49-54-46-28-16-30-48-53(46)56(49)52-41(27-15-29-47(52)55(48)40-23-10-5-11-24-40)38-31-32-44-45(34-38)50(36-19-8-4-9-20-36)42-25-12-13-26-43(42)51(44)39-22-14-21-37(33-39)35-17-6-3-7-18-35/h3-34H,2H2,1H3. The SMILES string of the molecule is CCc1nc2cccc3c2n1-c1c(-c2ccc4c(-c5cccc(-c6ccccc6)c5)c5ccccc5c(-c5ccccc5)c4c2)cccc1N3c1ccccc1. The minimum atomic E-state index is 0.820. The summed E-state index contributed by atoms with van der Waals surface area (Å²) in [5.74, 6) is 1.06. The molecule has 2 heterocycles. The smallest absolute Gasteiger partial charge is 0.114 e. The predicted molar refractivity (Wildman–Crippen MR) is 235 cm³/mol. The number of imidazole rings is 1. The average Bonchev–Trinajstić information content (AvgIpc) is 3.66. The largest absolute Gasteiger partial charge is 0.306 e. The summed E-state index contributed by atoms with van der Waals surface area (Å²) in [6.07, 6.45) is 0.820. The third-order valence-corrected chi connectivity index (χ3v) is 11.4. The number of para-hydroxylation sites is 3. The van der Waals surface area contributed by atoms with Gasteiger partial charge >= 0.3 is 0 Å². The van der Waals surface area contributed by atoms with E-state index in [1.54, 1.807) is 0 Å². The Balaban J connectivity index is 1.22. The number of rotatable bonds is 6. The normalized spacial score (nSPS) is 12.1. The van der Waals surface area contributed by atoms with E-state index in [9.17, 15) is 0 Å². The van der Waals surface area contributed by atoms with E-state index in [1.165, 1.54) is 66.1 Å². The number of anilines is 3. The molecular weight excluding hydrogens is 679 g/mol. The maximum Gasteiger partial charge on any atom is 0.114 e. The molecule has 0 unspecified atom stereocenters. The van der Waals surface area contributed by atoms with E-state index >= 15 is 0 Å². The maximum absolute atomic E-state index is 5.21. The second kappa shape index (κ2) is 13.0. The number of hydrogen-bond acceptors (Lipinski definition) is 2. The average molecular weight is 716 g/mol. The van der Waals surface area contributed by atoms with Crippen molar-refractivity contribution in [3.05, 3.63) is 200 Å². The van der Waals surface area contributed by atoms with Crippen LogP contribution in [0.4, 0.5) is 17.1 Å². The molecule has 0 saturated carbocycles. The van der Waals surface area contributed by atoms with Crippen LogP contribution < -0.4 is 4.90 Å². The van der Waals surface area contributed by atoms with Crippen LogP contribution in [0.15, 0.2) is 194 Å². The molecule has 11 rings (SSSR count). The van der Waals surface area contributed by atoms with Gasteiger partial charge in [-0.1, -0.05) is 159 Å². The van der Waals surface area contributed by atoms with Crippen LogP contribution in [0.3, 0.4) is 0 Å². The van der Waals surface area contributed by atoms with Crippen LogP contribution in [0.5, 0.6) is 0 Å². The Morgan fingerprint density at radius 3 is 1.77 bits per heavy atom. The van der Waals surface area contributed by atoms with Gasteiger partial charge < -0.3 is 4.90 Å². The molecule has 264 valence electrons. The Kier molecular flexibility index (Phi) is 7.46. The van der Waals surface area contributed by atoms with Crippen molar-refractivity contribution in [3.63, 3.8) is 0 Å². The Bertz CT molecular complexity index is 3110. The summed E-state index contributed by atoms with van der Waals surface area (Å²) in [5.41, 5.74) is 16.4. The first-order chi connectivity index (χ1) is 27.8. The first-order valence-corrected chi connectivity index (χ1v) is 19.5. The molecule has 0 bridgehead atoms. The van der Waals surface area contributed by atoms with Crippen molar-refractivity contribution in [2.75, 3.05) is 4.90 Å². The van der Waals surface area contributed by atoms with E-state index < -0.39 is 0 Å². The molecule has 0 spiro atoms. The highest BCUT2D eigenvalue weighted by atomic mass is 15.2. The zero-order valence-corrected chi connectivity index (χ0v) is 31.0. The van der Waals surface area contributed by atoms with Gasteiger partial charge in [-0.2, -0.15) is 0 Å². The summed E-state index contributed by atoms with van der Waals surface area (Å²) in [4.78, 5) is 7.62. The first kappa shape index (κ1) is 32.2. The van der Waals surface area contributed by atoms with E-state index in [0.717, 1.165) is 46.0 Å². The summed E-state index contributed by atoms with van der Waals surface area (Å²) in [6, 6.07) is 70.7. The fourth-order valence-corrected chi connectivity index (χ4v) is 9.04. The van der Waals surface area contributed by atoms with Crippen LogP contribution in [-0.4, -0.2) is 9.55 Å². The molecule has 0 N–H and O–H groups in total. The minimum absolute atomic E-state index is 0.820. The minimum Gasteiger partial charge on any atom is -0.306 e. The van der Waals surface area contributed by atoms with E-state index in [2.05, 4.69) is 211 Å². The lowest BCUT2D eigenvalue weighted by Crippen LogP contribution is -2.19. The molecule has 1 aromatic heterocycles. The van der Waals surface area contributed by atoms with Gasteiger partial charge in [0.2, 0.25) is 0 Å². The Labute approximate surface area is 326 Å². The molecule has 0 amide bonds. The van der Waals surface area contributed by atoms with Crippen molar-refractivity contribution in [2.45, 2.75) is 13.3 Å². The lowest BCUT2D eigenvalue weighted by atomic mass is 9.84. The van der Waals surface area contributed by atoms with Gasteiger partial charge in [0.25, 0.3) is 0 Å². The van der Waals surface area contributed by atoms with Crippen molar-refractivity contribution in [1.82, 2.24) is 9.55 Å². The van der Waals surface area contributed by atoms with Crippen LogP contribution in [0.25, 0.3) is 82.8 Å². The van der Waals surface area contributed by atoms with E-state index in [0.29, 0.717) is 0 Å². The molecule has 0 fully saturated rings. The lowest BCUT2D eigenvalue weighted by Gasteiger charge is -2.34. The van der Waals surface area contributed by atoms with Crippen molar-refractivity contribution in [2.24, 2.45) is 0 Å². The topological polar surface area (TPSA) is 21.1 Å². The molecule has 1 aliphatic heterocycles. The second-order valence-electron chi connectivity index (χ2n) is 14.6. The number of aromatic nitrogens is 2. The molecule has 0 aliphatic carbocycles.